The second-order valence-corrected chi connectivity index (χ2v) is 4.66. The normalized spacial score (nSPS) is 40.4. The number of hydrogen-bond donors (Lipinski definition) is 0. The Bertz CT molecular complexity index is 258. The van der Waals surface area contributed by atoms with E-state index in [1.807, 2.05) is 0 Å². The van der Waals surface area contributed by atoms with Crippen molar-refractivity contribution in [2.45, 2.75) is 44.3 Å². The van der Waals surface area contributed by atoms with Crippen LogP contribution in [-0.2, 0) is 14.3 Å². The molecule has 78 valence electrons. The number of rotatable bonds is 0. The number of ether oxygens (including phenoxy) is 2. The first-order chi connectivity index (χ1) is 6.79. The first kappa shape index (κ1) is 8.86. The molecule has 0 amide bonds. The van der Waals surface area contributed by atoms with Gasteiger partial charge in [-0.2, -0.15) is 0 Å². The molecule has 0 bridgehead atoms. The van der Waals surface area contributed by atoms with E-state index in [1.54, 1.807) is 0 Å². The van der Waals surface area contributed by atoms with Gasteiger partial charge in [-0.25, -0.2) is 0 Å². The SMILES string of the molecule is O=C1CCC[C@]12CCCC21OCCO1. The van der Waals surface area contributed by atoms with Crippen LogP contribution in [0.15, 0.2) is 0 Å². The highest BCUT2D eigenvalue weighted by molar-refractivity contribution is 5.88. The van der Waals surface area contributed by atoms with Gasteiger partial charge < -0.3 is 9.47 Å². The van der Waals surface area contributed by atoms with Crippen molar-refractivity contribution >= 4 is 5.78 Å². The molecule has 14 heavy (non-hydrogen) atoms. The smallest absolute Gasteiger partial charge is 0.180 e. The predicted octanol–water partition coefficient (Wildman–Crippen LogP) is 1.65. The molecule has 3 heteroatoms. The Labute approximate surface area is 83.8 Å². The van der Waals surface area contributed by atoms with E-state index in [-0.39, 0.29) is 5.41 Å². The van der Waals surface area contributed by atoms with E-state index in [2.05, 4.69) is 0 Å². The predicted molar refractivity (Wildman–Crippen MR) is 49.8 cm³/mol. The van der Waals surface area contributed by atoms with Crippen LogP contribution in [-0.4, -0.2) is 24.8 Å². The van der Waals surface area contributed by atoms with Crippen molar-refractivity contribution in [2.75, 3.05) is 13.2 Å². The monoisotopic (exact) mass is 196 g/mol. The molecule has 3 rings (SSSR count). The third-order valence-corrected chi connectivity index (χ3v) is 4.13. The lowest BCUT2D eigenvalue weighted by Gasteiger charge is -2.37. The summed E-state index contributed by atoms with van der Waals surface area (Å²) in [5.74, 6) is -0.127. The van der Waals surface area contributed by atoms with Gasteiger partial charge in [-0.05, 0) is 25.7 Å². The Kier molecular flexibility index (Phi) is 1.77. The lowest BCUT2D eigenvalue weighted by molar-refractivity contribution is -0.216. The zero-order valence-electron chi connectivity index (χ0n) is 8.38. The van der Waals surface area contributed by atoms with Crippen LogP contribution in [0.25, 0.3) is 0 Å². The first-order valence-electron chi connectivity index (χ1n) is 5.60. The molecular weight excluding hydrogens is 180 g/mol. The third kappa shape index (κ3) is 0.873. The molecule has 0 aromatic heterocycles. The molecule has 2 aliphatic carbocycles. The van der Waals surface area contributed by atoms with Crippen LogP contribution in [0.5, 0.6) is 0 Å². The van der Waals surface area contributed by atoms with E-state index < -0.39 is 5.79 Å². The summed E-state index contributed by atoms with van der Waals surface area (Å²) in [7, 11) is 0. The highest BCUT2D eigenvalue weighted by Gasteiger charge is 2.63. The molecule has 3 fully saturated rings. The number of Topliss-reactive ketones (excluding diaryl/α,β-unsaturated/α-hetero) is 1. The molecule has 0 radical (unpaired) electrons. The van der Waals surface area contributed by atoms with Gasteiger partial charge in [0, 0.05) is 12.8 Å². The molecule has 1 heterocycles. The Balaban J connectivity index is 2.00. The van der Waals surface area contributed by atoms with Gasteiger partial charge in [-0.15, -0.1) is 0 Å². The number of fused-ring (bicyclic) bond motifs is 1. The van der Waals surface area contributed by atoms with Gasteiger partial charge in [-0.1, -0.05) is 0 Å². The van der Waals surface area contributed by atoms with Crippen LogP contribution in [0.4, 0.5) is 0 Å². The van der Waals surface area contributed by atoms with Gasteiger partial charge in [0.25, 0.3) is 0 Å². The van der Waals surface area contributed by atoms with Gasteiger partial charge in [0.15, 0.2) is 5.79 Å². The second kappa shape index (κ2) is 2.80. The average molecular weight is 196 g/mol. The minimum absolute atomic E-state index is 0.260. The fourth-order valence-corrected chi connectivity index (χ4v) is 3.52. The summed E-state index contributed by atoms with van der Waals surface area (Å²) in [6, 6.07) is 0. The summed E-state index contributed by atoms with van der Waals surface area (Å²) in [6.07, 6.45) is 5.70. The Morgan fingerprint density at radius 2 is 1.71 bits per heavy atom. The minimum atomic E-state index is -0.513. The van der Waals surface area contributed by atoms with Crippen LogP contribution >= 0.6 is 0 Å². The van der Waals surface area contributed by atoms with Gasteiger partial charge in [0.05, 0.1) is 18.6 Å². The van der Waals surface area contributed by atoms with Gasteiger partial charge >= 0.3 is 0 Å². The highest BCUT2D eigenvalue weighted by Crippen LogP contribution is 2.57. The van der Waals surface area contributed by atoms with E-state index in [4.69, 9.17) is 9.47 Å². The summed E-state index contributed by atoms with van der Waals surface area (Å²) in [5, 5.41) is 0. The van der Waals surface area contributed by atoms with Gasteiger partial charge in [0.1, 0.15) is 5.78 Å². The summed E-state index contributed by atoms with van der Waals surface area (Å²) < 4.78 is 11.5. The summed E-state index contributed by atoms with van der Waals surface area (Å²) in [4.78, 5) is 12.0. The van der Waals surface area contributed by atoms with Crippen LogP contribution in [0.1, 0.15) is 38.5 Å². The van der Waals surface area contributed by atoms with Crippen molar-refractivity contribution in [3.8, 4) is 0 Å². The number of carbonyl (C=O) groups is 1. The molecule has 3 nitrogen and oxygen atoms in total. The van der Waals surface area contributed by atoms with E-state index in [9.17, 15) is 4.79 Å². The molecule has 1 saturated heterocycles. The molecule has 0 aromatic carbocycles. The van der Waals surface area contributed by atoms with Crippen molar-refractivity contribution in [3.63, 3.8) is 0 Å². The lowest BCUT2D eigenvalue weighted by Crippen LogP contribution is -2.47. The van der Waals surface area contributed by atoms with Gasteiger partial charge in [0.2, 0.25) is 0 Å². The maximum Gasteiger partial charge on any atom is 0.180 e. The quantitative estimate of drug-likeness (QED) is 0.591. The Hall–Kier alpha value is -0.410. The van der Waals surface area contributed by atoms with Crippen molar-refractivity contribution in [1.82, 2.24) is 0 Å². The van der Waals surface area contributed by atoms with Crippen LogP contribution < -0.4 is 0 Å². The molecule has 0 N–H and O–H groups in total. The van der Waals surface area contributed by atoms with E-state index >= 15 is 0 Å². The topological polar surface area (TPSA) is 35.5 Å². The van der Waals surface area contributed by atoms with E-state index in [1.165, 1.54) is 0 Å². The Morgan fingerprint density at radius 1 is 1.00 bits per heavy atom. The molecule has 3 aliphatic rings. The second-order valence-electron chi connectivity index (χ2n) is 4.66. The lowest BCUT2D eigenvalue weighted by atomic mass is 9.79. The third-order valence-electron chi connectivity index (χ3n) is 4.13. The summed E-state index contributed by atoms with van der Waals surface area (Å²) in [6.45, 7) is 1.32. The molecule has 2 spiro atoms. The largest absolute Gasteiger partial charge is 0.346 e. The van der Waals surface area contributed by atoms with Crippen molar-refractivity contribution in [3.05, 3.63) is 0 Å². The fraction of sp³-hybridized carbons (Fsp3) is 0.909. The fourth-order valence-electron chi connectivity index (χ4n) is 3.52. The summed E-state index contributed by atoms with van der Waals surface area (Å²) in [5.41, 5.74) is -0.260. The molecule has 0 aromatic rings. The molecule has 1 aliphatic heterocycles. The maximum absolute atomic E-state index is 12.0. The van der Waals surface area contributed by atoms with Crippen LogP contribution in [0.3, 0.4) is 0 Å². The van der Waals surface area contributed by atoms with Crippen LogP contribution in [0.2, 0.25) is 0 Å². The average Bonchev–Trinajstić information content (AvgIpc) is 2.84. The van der Waals surface area contributed by atoms with Crippen molar-refractivity contribution in [1.29, 1.82) is 0 Å². The highest BCUT2D eigenvalue weighted by atomic mass is 16.7. The molecular formula is C11H16O3. The maximum atomic E-state index is 12.0. The first-order valence-corrected chi connectivity index (χ1v) is 5.60. The molecule has 0 unspecified atom stereocenters. The standard InChI is InChI=1S/C11H16O3/c12-9-3-1-4-10(9)5-2-6-11(10)13-7-8-14-11/h1-8H2/t10-/m0/s1. The van der Waals surface area contributed by atoms with E-state index in [0.717, 1.165) is 38.5 Å². The number of hydrogen-bond acceptors (Lipinski definition) is 3. The van der Waals surface area contributed by atoms with Crippen LogP contribution in [0, 0.1) is 5.41 Å². The van der Waals surface area contributed by atoms with Crippen molar-refractivity contribution < 1.29 is 14.3 Å². The van der Waals surface area contributed by atoms with Crippen molar-refractivity contribution in [2.24, 2.45) is 5.41 Å². The zero-order valence-corrected chi connectivity index (χ0v) is 8.38. The van der Waals surface area contributed by atoms with E-state index in [0.29, 0.717) is 19.0 Å². The van der Waals surface area contributed by atoms with Gasteiger partial charge in [-0.3, -0.25) is 4.79 Å². The number of carbonyl (C=O) groups excluding carboxylic acids is 1. The Morgan fingerprint density at radius 3 is 2.36 bits per heavy atom. The minimum Gasteiger partial charge on any atom is -0.346 e. The summed E-state index contributed by atoms with van der Waals surface area (Å²) >= 11 is 0. The molecule has 2 saturated carbocycles. The number of ketones is 1. The molecule has 1 atom stereocenters. The zero-order chi connectivity index (χ0) is 9.65.